The third-order valence-electron chi connectivity index (χ3n) is 8.37. The first-order valence-electron chi connectivity index (χ1n) is 13.0. The van der Waals surface area contributed by atoms with E-state index in [1.807, 2.05) is 0 Å². The number of amides is 2. The summed E-state index contributed by atoms with van der Waals surface area (Å²) in [5, 5.41) is 14.5. The largest absolute Gasteiger partial charge is 0.481 e. The molecule has 8 nitrogen and oxygen atoms in total. The minimum absolute atomic E-state index is 0.0430. The van der Waals surface area contributed by atoms with Crippen LogP contribution >= 0.6 is 0 Å². The van der Waals surface area contributed by atoms with Gasteiger partial charge in [0.2, 0.25) is 5.91 Å². The number of anilines is 1. The maximum Gasteiger partial charge on any atom is 0.417 e. The summed E-state index contributed by atoms with van der Waals surface area (Å²) in [6.07, 6.45) is -9.62. The Kier molecular flexibility index (Phi) is 9.23. The van der Waals surface area contributed by atoms with Crippen molar-refractivity contribution in [2.45, 2.75) is 58.4 Å². The summed E-state index contributed by atoms with van der Waals surface area (Å²) >= 11 is 0. The zero-order valence-corrected chi connectivity index (χ0v) is 23.6. The Balaban J connectivity index is 1.77. The predicted molar refractivity (Wildman–Crippen MR) is 141 cm³/mol. The van der Waals surface area contributed by atoms with Gasteiger partial charge < -0.3 is 20.5 Å². The number of methoxy groups -OCH3 is 1. The summed E-state index contributed by atoms with van der Waals surface area (Å²) in [5.41, 5.74) is -5.89. The van der Waals surface area contributed by atoms with Gasteiger partial charge in [-0.15, -0.1) is 0 Å². The topological polar surface area (TPSA) is 122 Å². The van der Waals surface area contributed by atoms with Crippen molar-refractivity contribution in [1.29, 1.82) is 0 Å². The summed E-state index contributed by atoms with van der Waals surface area (Å²) in [4.78, 5) is 50.2. The van der Waals surface area contributed by atoms with Crippen molar-refractivity contribution in [2.75, 3.05) is 12.4 Å². The Morgan fingerprint density at radius 3 is 2.07 bits per heavy atom. The maximum atomic E-state index is 13.4. The Labute approximate surface area is 242 Å². The molecule has 0 heterocycles. The second-order valence-electron chi connectivity index (χ2n) is 11.1. The van der Waals surface area contributed by atoms with Crippen LogP contribution in [0.5, 0.6) is 0 Å². The van der Waals surface area contributed by atoms with Crippen LogP contribution in [0.1, 0.15) is 60.7 Å². The van der Waals surface area contributed by atoms with Crippen LogP contribution in [0, 0.1) is 16.7 Å². The number of benzene rings is 2. The molecule has 14 heteroatoms. The molecule has 1 fully saturated rings. The highest BCUT2D eigenvalue weighted by molar-refractivity contribution is 6.05. The average Bonchev–Trinajstić information content (AvgIpc) is 3.16. The molecule has 0 spiro atoms. The van der Waals surface area contributed by atoms with Crippen LogP contribution in [-0.4, -0.2) is 42.0 Å². The number of hydrogen-bond donors (Lipinski definition) is 3. The summed E-state index contributed by atoms with van der Waals surface area (Å²) in [7, 11) is 1.12. The first-order chi connectivity index (χ1) is 19.7. The van der Waals surface area contributed by atoms with Gasteiger partial charge in [-0.05, 0) is 61.1 Å². The number of carbonyl (C=O) groups excluding carboxylic acids is 3. The average molecular weight is 617 g/mol. The van der Waals surface area contributed by atoms with Crippen molar-refractivity contribution in [2.24, 2.45) is 16.7 Å². The Bertz CT molecular complexity index is 1400. The molecular formula is C29H30F6N2O6. The van der Waals surface area contributed by atoms with E-state index in [1.54, 1.807) is 20.8 Å². The third-order valence-corrected chi connectivity index (χ3v) is 8.37. The quantitative estimate of drug-likeness (QED) is 0.258. The molecule has 2 unspecified atom stereocenters. The van der Waals surface area contributed by atoms with Crippen LogP contribution in [-0.2, 0) is 37.9 Å². The predicted octanol–water partition coefficient (Wildman–Crippen LogP) is 5.70. The number of ether oxygens (including phenoxy) is 1. The molecular weight excluding hydrogens is 586 g/mol. The number of carboxylic acid groups (broad SMARTS) is 1. The van der Waals surface area contributed by atoms with Gasteiger partial charge in [-0.3, -0.25) is 14.4 Å². The van der Waals surface area contributed by atoms with Gasteiger partial charge in [0.1, 0.15) is 6.04 Å². The Morgan fingerprint density at radius 2 is 1.58 bits per heavy atom. The fraction of sp³-hybridized carbons (Fsp3) is 0.448. The third kappa shape index (κ3) is 6.94. The number of rotatable bonds is 8. The van der Waals surface area contributed by atoms with Crippen molar-refractivity contribution in [1.82, 2.24) is 5.32 Å². The first-order valence-corrected chi connectivity index (χ1v) is 13.0. The van der Waals surface area contributed by atoms with Crippen LogP contribution in [0.2, 0.25) is 0 Å². The number of carboxylic acids is 1. The number of nitrogens with one attached hydrogen (secondary N) is 2. The number of halogens is 6. The minimum atomic E-state index is -5.09. The molecule has 0 aromatic heterocycles. The molecule has 0 aliphatic heterocycles. The van der Waals surface area contributed by atoms with E-state index in [1.165, 1.54) is 24.3 Å². The van der Waals surface area contributed by atoms with Crippen molar-refractivity contribution < 1.29 is 55.4 Å². The highest BCUT2D eigenvalue weighted by atomic mass is 19.4. The van der Waals surface area contributed by atoms with Gasteiger partial charge in [-0.1, -0.05) is 26.0 Å². The van der Waals surface area contributed by atoms with Crippen molar-refractivity contribution >= 4 is 29.4 Å². The zero-order chi connectivity index (χ0) is 32.5. The van der Waals surface area contributed by atoms with Gasteiger partial charge in [0, 0.05) is 18.0 Å². The molecule has 0 saturated heterocycles. The normalized spacial score (nSPS) is 20.7. The molecule has 1 aliphatic rings. The smallest absolute Gasteiger partial charge is 0.417 e. The van der Waals surface area contributed by atoms with E-state index in [-0.39, 0.29) is 43.1 Å². The SMILES string of the molecule is COC(=O)[C@H](Cc1ccc(NC(=O)c2cc(C(F)(F)F)ccc2C(F)(F)F)cc1)NC(=O)C1CCC(C)(C(=O)O)C1(C)C. The number of esters is 1. The summed E-state index contributed by atoms with van der Waals surface area (Å²) in [6, 6.07) is 4.71. The fourth-order valence-electron chi connectivity index (χ4n) is 5.26. The van der Waals surface area contributed by atoms with Crippen LogP contribution in [0.25, 0.3) is 0 Å². The molecule has 2 amide bonds. The van der Waals surface area contributed by atoms with Gasteiger partial charge in [-0.2, -0.15) is 26.3 Å². The number of alkyl halides is 6. The van der Waals surface area contributed by atoms with E-state index in [9.17, 15) is 50.6 Å². The minimum Gasteiger partial charge on any atom is -0.481 e. The highest BCUT2D eigenvalue weighted by Gasteiger charge is 2.58. The molecule has 2 aromatic carbocycles. The van der Waals surface area contributed by atoms with Gasteiger partial charge in [0.15, 0.2) is 0 Å². The lowest BCUT2D eigenvalue weighted by atomic mass is 9.65. The van der Waals surface area contributed by atoms with Crippen molar-refractivity contribution in [3.05, 3.63) is 64.7 Å². The van der Waals surface area contributed by atoms with E-state index in [4.69, 9.17) is 4.74 Å². The molecule has 0 bridgehead atoms. The number of hydrogen-bond acceptors (Lipinski definition) is 5. The highest BCUT2D eigenvalue weighted by Crippen LogP contribution is 2.56. The summed E-state index contributed by atoms with van der Waals surface area (Å²) in [5.74, 6) is -4.48. The van der Waals surface area contributed by atoms with E-state index < -0.39 is 75.6 Å². The molecule has 0 radical (unpaired) electrons. The molecule has 2 aromatic rings. The molecule has 43 heavy (non-hydrogen) atoms. The molecule has 3 atom stereocenters. The van der Waals surface area contributed by atoms with Crippen molar-refractivity contribution in [3.8, 4) is 0 Å². The number of carbonyl (C=O) groups is 4. The Morgan fingerprint density at radius 1 is 0.977 bits per heavy atom. The second-order valence-corrected chi connectivity index (χ2v) is 11.1. The monoisotopic (exact) mass is 616 g/mol. The van der Waals surface area contributed by atoms with E-state index in [0.717, 1.165) is 7.11 Å². The maximum absolute atomic E-state index is 13.4. The fourth-order valence-corrected chi connectivity index (χ4v) is 5.26. The molecule has 1 saturated carbocycles. The van der Waals surface area contributed by atoms with Crippen LogP contribution < -0.4 is 10.6 Å². The van der Waals surface area contributed by atoms with Crippen molar-refractivity contribution in [3.63, 3.8) is 0 Å². The van der Waals surface area contributed by atoms with Gasteiger partial charge >= 0.3 is 24.3 Å². The van der Waals surface area contributed by atoms with Gasteiger partial charge in [0.25, 0.3) is 5.91 Å². The first kappa shape index (κ1) is 33.4. The molecule has 3 N–H and O–H groups in total. The number of aliphatic carboxylic acids is 1. The van der Waals surface area contributed by atoms with Crippen LogP contribution in [0.4, 0.5) is 32.0 Å². The lowest BCUT2D eigenvalue weighted by molar-refractivity contribution is -0.156. The van der Waals surface area contributed by atoms with Gasteiger partial charge in [-0.25, -0.2) is 4.79 Å². The standard InChI is InChI=1S/C29H30F6N2O6/c1-26(2)20(11-12-27(26,3)25(41)42)23(39)37-21(24(40)43-4)13-15-5-8-17(9-6-15)36-22(38)18-14-16(28(30,31)32)7-10-19(18)29(33,34)35/h5-10,14,20-21H,11-13H2,1-4H3,(H,36,38)(H,37,39)(H,41,42)/t20?,21-,27?/m0/s1. The van der Waals surface area contributed by atoms with E-state index >= 15 is 0 Å². The second kappa shape index (κ2) is 11.9. The lowest BCUT2D eigenvalue weighted by Crippen LogP contribution is -2.50. The van der Waals surface area contributed by atoms with Gasteiger partial charge in [0.05, 0.1) is 29.2 Å². The Hall–Kier alpha value is -4.10. The van der Waals surface area contributed by atoms with Crippen LogP contribution in [0.15, 0.2) is 42.5 Å². The van der Waals surface area contributed by atoms with E-state index in [2.05, 4.69) is 10.6 Å². The molecule has 1 aliphatic carbocycles. The summed E-state index contributed by atoms with van der Waals surface area (Å²) < 4.78 is 84.3. The van der Waals surface area contributed by atoms with Crippen LogP contribution in [0.3, 0.4) is 0 Å². The summed E-state index contributed by atoms with van der Waals surface area (Å²) in [6.45, 7) is 4.92. The lowest BCUT2D eigenvalue weighted by Gasteiger charge is -2.38. The molecule has 234 valence electrons. The van der Waals surface area contributed by atoms with E-state index in [0.29, 0.717) is 5.56 Å². The zero-order valence-electron chi connectivity index (χ0n) is 23.6. The molecule has 3 rings (SSSR count).